The molecule has 0 radical (unpaired) electrons. The van der Waals surface area contributed by atoms with E-state index in [1.54, 1.807) is 0 Å². The molecule has 10 atom stereocenters. The maximum Gasteiger partial charge on any atom is 0.0912 e. The minimum absolute atomic E-state index is 0.161. The van der Waals surface area contributed by atoms with Gasteiger partial charge in [-0.3, -0.25) is 0 Å². The molecular formula is C28H47NO2. The molecule has 0 aromatic carbocycles. The Kier molecular flexibility index (Phi) is 6.33. The van der Waals surface area contributed by atoms with Crippen molar-refractivity contribution in [2.75, 3.05) is 0 Å². The van der Waals surface area contributed by atoms with Crippen LogP contribution in [-0.2, 0) is 0 Å². The van der Waals surface area contributed by atoms with Crippen LogP contribution >= 0.6 is 0 Å². The van der Waals surface area contributed by atoms with Crippen LogP contribution in [0.3, 0.4) is 0 Å². The number of nitriles is 1. The molecule has 0 aromatic rings. The zero-order valence-corrected chi connectivity index (χ0v) is 20.7. The summed E-state index contributed by atoms with van der Waals surface area (Å²) in [5.74, 6) is 4.16. The van der Waals surface area contributed by atoms with Crippen molar-refractivity contribution in [3.05, 3.63) is 0 Å². The van der Waals surface area contributed by atoms with Crippen LogP contribution in [0.15, 0.2) is 0 Å². The zero-order chi connectivity index (χ0) is 22.6. The van der Waals surface area contributed by atoms with E-state index in [9.17, 15) is 15.5 Å². The first-order valence-corrected chi connectivity index (χ1v) is 13.4. The molecule has 4 saturated carbocycles. The zero-order valence-electron chi connectivity index (χ0n) is 20.7. The van der Waals surface area contributed by atoms with Gasteiger partial charge in [0.05, 0.1) is 23.7 Å². The quantitative estimate of drug-likeness (QED) is 0.536. The monoisotopic (exact) mass is 429 g/mol. The van der Waals surface area contributed by atoms with E-state index in [4.69, 9.17) is 0 Å². The minimum Gasteiger partial charge on any atom is -0.393 e. The minimum atomic E-state index is -0.762. The molecule has 176 valence electrons. The van der Waals surface area contributed by atoms with Crippen molar-refractivity contribution in [2.24, 2.45) is 51.8 Å². The van der Waals surface area contributed by atoms with Gasteiger partial charge in [-0.15, -0.1) is 0 Å². The van der Waals surface area contributed by atoms with E-state index in [-0.39, 0.29) is 5.41 Å². The third kappa shape index (κ3) is 3.50. The van der Waals surface area contributed by atoms with Crippen LogP contribution in [0.2, 0.25) is 0 Å². The molecule has 0 heterocycles. The van der Waals surface area contributed by atoms with Gasteiger partial charge < -0.3 is 10.2 Å². The molecule has 0 spiro atoms. The lowest BCUT2D eigenvalue weighted by molar-refractivity contribution is -0.203. The third-order valence-electron chi connectivity index (χ3n) is 11.3. The number of hydrogen-bond acceptors (Lipinski definition) is 3. The molecule has 31 heavy (non-hydrogen) atoms. The topological polar surface area (TPSA) is 64.2 Å². The summed E-state index contributed by atoms with van der Waals surface area (Å²) in [6.07, 6.45) is 11.1. The van der Waals surface area contributed by atoms with Crippen molar-refractivity contribution < 1.29 is 10.2 Å². The van der Waals surface area contributed by atoms with Crippen molar-refractivity contribution in [3.63, 3.8) is 0 Å². The smallest absolute Gasteiger partial charge is 0.0912 e. The van der Waals surface area contributed by atoms with Gasteiger partial charge in [-0.25, -0.2) is 0 Å². The SMILES string of the molecule is CC(C)CCC[C@@H](C)[C@H]1CCC2C3C[C@@H](O)[C@@]4(C#N)C[C@@H](O)CC[C@]4(C)C3CC[C@@]21C. The highest BCUT2D eigenvalue weighted by Gasteiger charge is 2.68. The number of aliphatic hydroxyl groups excluding tert-OH is 2. The van der Waals surface area contributed by atoms with Gasteiger partial charge >= 0.3 is 0 Å². The molecule has 3 unspecified atom stereocenters. The van der Waals surface area contributed by atoms with Crippen LogP contribution < -0.4 is 0 Å². The first kappa shape index (κ1) is 23.6. The second kappa shape index (κ2) is 8.32. The Balaban J connectivity index is 1.56. The average molecular weight is 430 g/mol. The average Bonchev–Trinajstić information content (AvgIpc) is 3.06. The van der Waals surface area contributed by atoms with Crippen LogP contribution in [0, 0.1) is 63.1 Å². The summed E-state index contributed by atoms with van der Waals surface area (Å²) >= 11 is 0. The van der Waals surface area contributed by atoms with Crippen molar-refractivity contribution in [1.29, 1.82) is 5.26 Å². The second-order valence-corrected chi connectivity index (χ2v) is 13.1. The Morgan fingerprint density at radius 1 is 0.968 bits per heavy atom. The van der Waals surface area contributed by atoms with Gasteiger partial charge in [0.25, 0.3) is 0 Å². The molecular weight excluding hydrogens is 382 g/mol. The maximum absolute atomic E-state index is 11.4. The fourth-order valence-corrected chi connectivity index (χ4v) is 9.57. The predicted octanol–water partition coefficient (Wildman–Crippen LogP) is 6.33. The Hall–Kier alpha value is -0.590. The van der Waals surface area contributed by atoms with Crippen molar-refractivity contribution in [2.45, 2.75) is 117 Å². The van der Waals surface area contributed by atoms with Gasteiger partial charge in [-0.1, -0.05) is 53.9 Å². The molecule has 0 aliphatic heterocycles. The van der Waals surface area contributed by atoms with Crippen LogP contribution in [0.5, 0.6) is 0 Å². The Bertz CT molecular complexity index is 700. The Morgan fingerprint density at radius 3 is 2.39 bits per heavy atom. The highest BCUT2D eigenvalue weighted by Crippen LogP contribution is 2.71. The summed E-state index contributed by atoms with van der Waals surface area (Å²) in [5.41, 5.74) is -0.525. The Morgan fingerprint density at radius 2 is 1.71 bits per heavy atom. The van der Waals surface area contributed by atoms with Crippen LogP contribution in [0.25, 0.3) is 0 Å². The molecule has 2 N–H and O–H groups in total. The lowest BCUT2D eigenvalue weighted by Gasteiger charge is -2.65. The highest BCUT2D eigenvalue weighted by atomic mass is 16.3. The fraction of sp³-hybridized carbons (Fsp3) is 0.964. The van der Waals surface area contributed by atoms with Crippen LogP contribution in [0.1, 0.15) is 105 Å². The van der Waals surface area contributed by atoms with E-state index in [1.165, 1.54) is 44.9 Å². The number of rotatable bonds is 5. The molecule has 4 aliphatic carbocycles. The van der Waals surface area contributed by atoms with E-state index >= 15 is 0 Å². The molecule has 4 fully saturated rings. The van der Waals surface area contributed by atoms with Crippen LogP contribution in [0.4, 0.5) is 0 Å². The first-order chi connectivity index (χ1) is 14.6. The molecule has 0 aromatic heterocycles. The number of nitrogens with zero attached hydrogens (tertiary/aromatic N) is 1. The summed E-state index contributed by atoms with van der Waals surface area (Å²) < 4.78 is 0. The van der Waals surface area contributed by atoms with Gasteiger partial charge in [0.1, 0.15) is 0 Å². The van der Waals surface area contributed by atoms with Gasteiger partial charge in [0, 0.05) is 0 Å². The molecule has 4 rings (SSSR count). The van der Waals surface area contributed by atoms with E-state index < -0.39 is 17.6 Å². The molecule has 0 bridgehead atoms. The van der Waals surface area contributed by atoms with Crippen LogP contribution in [-0.4, -0.2) is 22.4 Å². The van der Waals surface area contributed by atoms with E-state index in [2.05, 4.69) is 40.7 Å². The first-order valence-electron chi connectivity index (χ1n) is 13.4. The fourth-order valence-electron chi connectivity index (χ4n) is 9.57. The molecule has 3 nitrogen and oxygen atoms in total. The lowest BCUT2D eigenvalue weighted by Crippen LogP contribution is -2.64. The molecule has 3 heteroatoms. The number of aliphatic hydroxyl groups is 2. The summed E-state index contributed by atoms with van der Waals surface area (Å²) in [7, 11) is 0. The van der Waals surface area contributed by atoms with Gasteiger partial charge in [-0.2, -0.15) is 5.26 Å². The summed E-state index contributed by atoms with van der Waals surface area (Å²) in [6.45, 7) is 12.0. The second-order valence-electron chi connectivity index (χ2n) is 13.1. The molecule has 0 amide bonds. The van der Waals surface area contributed by atoms with E-state index in [1.807, 2.05) is 0 Å². The maximum atomic E-state index is 11.4. The van der Waals surface area contributed by atoms with Crippen molar-refractivity contribution in [3.8, 4) is 6.07 Å². The third-order valence-corrected chi connectivity index (χ3v) is 11.3. The number of hydrogen-bond donors (Lipinski definition) is 2. The van der Waals surface area contributed by atoms with Crippen molar-refractivity contribution in [1.82, 2.24) is 0 Å². The summed E-state index contributed by atoms with van der Waals surface area (Å²) in [5, 5.41) is 32.1. The summed E-state index contributed by atoms with van der Waals surface area (Å²) in [6, 6.07) is 2.59. The highest BCUT2D eigenvalue weighted by molar-refractivity contribution is 5.22. The standard InChI is InChI=1S/C28H47NO2/c1-18(2)7-6-8-19(3)22-9-10-23-21-15-25(31)28(17-29)16-20(30)11-14-27(28,5)24(21)12-13-26(22,23)4/h18-25,30-31H,6-16H2,1-5H3/t19-,20+,21?,22-,23?,24?,25-,26-,27-,28+/m1/s1. The lowest BCUT2D eigenvalue weighted by atomic mass is 9.39. The van der Waals surface area contributed by atoms with Gasteiger partial charge in [0.2, 0.25) is 0 Å². The molecule has 4 aliphatic rings. The largest absolute Gasteiger partial charge is 0.393 e. The van der Waals surface area contributed by atoms with E-state index in [0.717, 1.165) is 37.0 Å². The van der Waals surface area contributed by atoms with Crippen molar-refractivity contribution >= 4 is 0 Å². The predicted molar refractivity (Wildman–Crippen MR) is 125 cm³/mol. The Labute approximate surface area is 191 Å². The van der Waals surface area contributed by atoms with E-state index in [0.29, 0.717) is 29.6 Å². The molecule has 0 saturated heterocycles. The number of fused-ring (bicyclic) bond motifs is 5. The van der Waals surface area contributed by atoms with Gasteiger partial charge in [0.15, 0.2) is 0 Å². The van der Waals surface area contributed by atoms with Gasteiger partial charge in [-0.05, 0) is 97.7 Å². The summed E-state index contributed by atoms with van der Waals surface area (Å²) in [4.78, 5) is 0. The normalized spacial score (nSPS) is 50.3.